The molecule has 0 heterocycles. The van der Waals surface area contributed by atoms with Crippen molar-refractivity contribution in [2.45, 2.75) is 39.7 Å². The topological polar surface area (TPSA) is 38.3 Å². The summed E-state index contributed by atoms with van der Waals surface area (Å²) in [5.41, 5.74) is 1.63. The molecule has 0 atom stereocenters. The van der Waals surface area contributed by atoms with Crippen LogP contribution in [-0.2, 0) is 4.74 Å². The number of ether oxygens (including phenoxy) is 1. The number of rotatable bonds is 5. The fraction of sp³-hybridized carbons (Fsp3) is 0.562. The Labute approximate surface area is 115 Å². The van der Waals surface area contributed by atoms with Gasteiger partial charge in [-0.2, -0.15) is 0 Å². The first-order valence-electron chi connectivity index (χ1n) is 7.14. The highest BCUT2D eigenvalue weighted by atomic mass is 16.5. The quantitative estimate of drug-likeness (QED) is 0.821. The van der Waals surface area contributed by atoms with Gasteiger partial charge in [-0.05, 0) is 49.8 Å². The second-order valence-corrected chi connectivity index (χ2v) is 5.62. The van der Waals surface area contributed by atoms with Gasteiger partial charge >= 0.3 is 5.97 Å². The molecule has 0 bridgehead atoms. The summed E-state index contributed by atoms with van der Waals surface area (Å²) in [6.07, 6.45) is 2.45. The summed E-state index contributed by atoms with van der Waals surface area (Å²) in [6.45, 7) is 6.79. The smallest absolute Gasteiger partial charge is 0.338 e. The van der Waals surface area contributed by atoms with Gasteiger partial charge in [-0.3, -0.25) is 0 Å². The van der Waals surface area contributed by atoms with Gasteiger partial charge in [0.2, 0.25) is 0 Å². The lowest BCUT2D eigenvalue weighted by Gasteiger charge is -2.39. The molecule has 1 fully saturated rings. The van der Waals surface area contributed by atoms with Crippen LogP contribution in [0.4, 0.5) is 5.69 Å². The molecule has 0 spiro atoms. The van der Waals surface area contributed by atoms with Crippen molar-refractivity contribution < 1.29 is 9.53 Å². The van der Waals surface area contributed by atoms with Crippen molar-refractivity contribution in [1.29, 1.82) is 0 Å². The van der Waals surface area contributed by atoms with E-state index in [0.29, 0.717) is 18.2 Å². The Kier molecular flexibility index (Phi) is 4.46. The number of carbonyl (C=O) groups is 1. The standard InChI is InChI=1S/C16H23NO2/c1-4-19-16(18)12-6-5-7-14(8-12)17-15-9-13(10-15)11(2)3/h5-8,11,13,15,17H,4,9-10H2,1-3H3. The summed E-state index contributed by atoms with van der Waals surface area (Å²) in [4.78, 5) is 11.7. The maximum Gasteiger partial charge on any atom is 0.338 e. The molecular weight excluding hydrogens is 238 g/mol. The van der Waals surface area contributed by atoms with Crippen molar-refractivity contribution in [3.63, 3.8) is 0 Å². The predicted octanol–water partition coefficient (Wildman–Crippen LogP) is 3.71. The van der Waals surface area contributed by atoms with Crippen LogP contribution in [0.2, 0.25) is 0 Å². The molecule has 0 unspecified atom stereocenters. The van der Waals surface area contributed by atoms with Crippen LogP contribution in [-0.4, -0.2) is 18.6 Å². The molecule has 0 saturated heterocycles. The minimum Gasteiger partial charge on any atom is -0.462 e. The monoisotopic (exact) mass is 261 g/mol. The number of nitrogens with one attached hydrogen (secondary N) is 1. The third kappa shape index (κ3) is 3.49. The van der Waals surface area contributed by atoms with Gasteiger partial charge in [0.1, 0.15) is 0 Å². The SMILES string of the molecule is CCOC(=O)c1cccc(NC2CC(C(C)C)C2)c1. The molecule has 1 aliphatic carbocycles. The number of hydrogen-bond donors (Lipinski definition) is 1. The molecule has 3 heteroatoms. The van der Waals surface area contributed by atoms with Crippen molar-refractivity contribution in [3.05, 3.63) is 29.8 Å². The van der Waals surface area contributed by atoms with Crippen LogP contribution < -0.4 is 5.32 Å². The van der Waals surface area contributed by atoms with Crippen molar-refractivity contribution in [2.75, 3.05) is 11.9 Å². The Morgan fingerprint density at radius 2 is 2.16 bits per heavy atom. The molecule has 0 amide bonds. The Morgan fingerprint density at radius 1 is 1.42 bits per heavy atom. The summed E-state index contributed by atoms with van der Waals surface area (Å²) in [5, 5.41) is 3.49. The van der Waals surface area contributed by atoms with Gasteiger partial charge < -0.3 is 10.1 Å². The predicted molar refractivity (Wildman–Crippen MR) is 77.4 cm³/mol. The van der Waals surface area contributed by atoms with E-state index in [2.05, 4.69) is 19.2 Å². The average molecular weight is 261 g/mol. The fourth-order valence-corrected chi connectivity index (χ4v) is 2.51. The zero-order valence-corrected chi connectivity index (χ0v) is 12.0. The summed E-state index contributed by atoms with van der Waals surface area (Å²) in [7, 11) is 0. The third-order valence-corrected chi connectivity index (χ3v) is 3.86. The van der Waals surface area contributed by atoms with Crippen LogP contribution in [0.1, 0.15) is 44.0 Å². The van der Waals surface area contributed by atoms with Crippen molar-refractivity contribution in [1.82, 2.24) is 0 Å². The van der Waals surface area contributed by atoms with E-state index in [1.807, 2.05) is 25.1 Å². The van der Waals surface area contributed by atoms with E-state index in [1.54, 1.807) is 6.07 Å². The van der Waals surface area contributed by atoms with E-state index in [9.17, 15) is 4.79 Å². The van der Waals surface area contributed by atoms with Gasteiger partial charge in [-0.15, -0.1) is 0 Å². The first-order valence-corrected chi connectivity index (χ1v) is 7.14. The third-order valence-electron chi connectivity index (χ3n) is 3.86. The highest BCUT2D eigenvalue weighted by Crippen LogP contribution is 2.35. The largest absolute Gasteiger partial charge is 0.462 e. The molecule has 1 aromatic carbocycles. The molecule has 1 aliphatic rings. The molecule has 19 heavy (non-hydrogen) atoms. The number of anilines is 1. The average Bonchev–Trinajstić information content (AvgIpc) is 2.33. The Balaban J connectivity index is 1.91. The van der Waals surface area contributed by atoms with Crippen LogP contribution in [0.5, 0.6) is 0 Å². The fourth-order valence-electron chi connectivity index (χ4n) is 2.51. The Morgan fingerprint density at radius 3 is 2.79 bits per heavy atom. The first kappa shape index (κ1) is 13.9. The molecule has 104 valence electrons. The van der Waals surface area contributed by atoms with Crippen molar-refractivity contribution in [3.8, 4) is 0 Å². The van der Waals surface area contributed by atoms with Gasteiger partial charge in [0.25, 0.3) is 0 Å². The van der Waals surface area contributed by atoms with E-state index in [-0.39, 0.29) is 5.97 Å². The molecular formula is C16H23NO2. The van der Waals surface area contributed by atoms with E-state index in [4.69, 9.17) is 4.74 Å². The molecule has 1 saturated carbocycles. The summed E-state index contributed by atoms with van der Waals surface area (Å²) < 4.78 is 5.01. The molecule has 0 aromatic heterocycles. The summed E-state index contributed by atoms with van der Waals surface area (Å²) in [6, 6.07) is 8.12. The molecule has 3 nitrogen and oxygen atoms in total. The van der Waals surface area contributed by atoms with Gasteiger partial charge in [0, 0.05) is 11.7 Å². The van der Waals surface area contributed by atoms with Gasteiger partial charge in [0.05, 0.1) is 12.2 Å². The number of carbonyl (C=O) groups excluding carboxylic acids is 1. The highest BCUT2D eigenvalue weighted by molar-refractivity contribution is 5.90. The Bertz CT molecular complexity index is 436. The van der Waals surface area contributed by atoms with Crippen LogP contribution in [0.15, 0.2) is 24.3 Å². The molecule has 1 N–H and O–H groups in total. The highest BCUT2D eigenvalue weighted by Gasteiger charge is 2.30. The molecule has 1 aromatic rings. The lowest BCUT2D eigenvalue weighted by molar-refractivity contribution is 0.0526. The first-order chi connectivity index (χ1) is 9.10. The number of hydrogen-bond acceptors (Lipinski definition) is 3. The van der Waals surface area contributed by atoms with Crippen LogP contribution in [0.25, 0.3) is 0 Å². The minimum atomic E-state index is -0.250. The van der Waals surface area contributed by atoms with Crippen molar-refractivity contribution >= 4 is 11.7 Å². The van der Waals surface area contributed by atoms with Crippen LogP contribution >= 0.6 is 0 Å². The molecule has 0 aliphatic heterocycles. The molecule has 2 rings (SSSR count). The van der Waals surface area contributed by atoms with Gasteiger partial charge in [0.15, 0.2) is 0 Å². The second kappa shape index (κ2) is 6.09. The lowest BCUT2D eigenvalue weighted by Crippen LogP contribution is -2.37. The van der Waals surface area contributed by atoms with Gasteiger partial charge in [-0.1, -0.05) is 19.9 Å². The number of benzene rings is 1. The van der Waals surface area contributed by atoms with E-state index in [0.717, 1.165) is 17.5 Å². The van der Waals surface area contributed by atoms with Crippen LogP contribution in [0, 0.1) is 11.8 Å². The number of esters is 1. The van der Waals surface area contributed by atoms with Crippen molar-refractivity contribution in [2.24, 2.45) is 11.8 Å². The second-order valence-electron chi connectivity index (χ2n) is 5.62. The summed E-state index contributed by atoms with van der Waals surface area (Å²) >= 11 is 0. The molecule has 0 radical (unpaired) electrons. The minimum absolute atomic E-state index is 0.250. The van der Waals surface area contributed by atoms with E-state index < -0.39 is 0 Å². The van der Waals surface area contributed by atoms with Gasteiger partial charge in [-0.25, -0.2) is 4.79 Å². The van der Waals surface area contributed by atoms with E-state index >= 15 is 0 Å². The maximum atomic E-state index is 11.7. The lowest BCUT2D eigenvalue weighted by atomic mass is 9.73. The normalized spacial score (nSPS) is 21.9. The summed E-state index contributed by atoms with van der Waals surface area (Å²) in [5.74, 6) is 1.36. The maximum absolute atomic E-state index is 11.7. The van der Waals surface area contributed by atoms with E-state index in [1.165, 1.54) is 12.8 Å². The Hall–Kier alpha value is -1.51. The zero-order valence-electron chi connectivity index (χ0n) is 12.0. The zero-order chi connectivity index (χ0) is 13.8. The van der Waals surface area contributed by atoms with Crippen LogP contribution in [0.3, 0.4) is 0 Å².